The molecule has 0 aromatic heterocycles. The molecule has 0 bridgehead atoms. The van der Waals surface area contributed by atoms with Gasteiger partial charge in [-0.1, -0.05) is 33.3 Å². The van der Waals surface area contributed by atoms with Gasteiger partial charge in [-0.2, -0.15) is 0 Å². The van der Waals surface area contributed by atoms with Crippen LogP contribution in [0.25, 0.3) is 0 Å². The van der Waals surface area contributed by atoms with Crippen LogP contribution in [0.1, 0.15) is 82.9 Å². The predicted octanol–water partition coefficient (Wildman–Crippen LogP) is 4.16. The SMILES string of the molecule is CC(=O)CC(C)(C)c1c(C)cc(C)cc1OC(=O)OCCOCCNC(=O)CCCCCN1C(=O)CC(C)C1=O. The maximum atomic E-state index is 12.3. The third kappa shape index (κ3) is 10.4. The highest BCUT2D eigenvalue weighted by Crippen LogP contribution is 2.38. The summed E-state index contributed by atoms with van der Waals surface area (Å²) in [6, 6.07) is 3.75. The van der Waals surface area contributed by atoms with Gasteiger partial charge in [0.1, 0.15) is 18.1 Å². The van der Waals surface area contributed by atoms with Crippen LogP contribution >= 0.6 is 0 Å². The minimum absolute atomic E-state index is 0.00937. The number of carbonyl (C=O) groups excluding carboxylic acids is 5. The molecule has 1 aromatic rings. The number of ketones is 1. The van der Waals surface area contributed by atoms with Crippen molar-refractivity contribution in [2.24, 2.45) is 5.92 Å². The van der Waals surface area contributed by atoms with Gasteiger partial charge < -0.3 is 19.5 Å². The summed E-state index contributed by atoms with van der Waals surface area (Å²) in [5.41, 5.74) is 2.14. The number of imide groups is 1. The van der Waals surface area contributed by atoms with Crippen molar-refractivity contribution in [3.63, 3.8) is 0 Å². The summed E-state index contributed by atoms with van der Waals surface area (Å²) >= 11 is 0. The first-order valence-electron chi connectivity index (χ1n) is 14.0. The van der Waals surface area contributed by atoms with Gasteiger partial charge in [-0.05, 0) is 50.8 Å². The molecule has 1 unspecified atom stereocenters. The smallest absolute Gasteiger partial charge is 0.432 e. The van der Waals surface area contributed by atoms with Crippen LogP contribution in [0.3, 0.4) is 0 Å². The highest BCUT2D eigenvalue weighted by Gasteiger charge is 2.34. The molecule has 3 amide bonds. The second-order valence-corrected chi connectivity index (χ2v) is 11.2. The fourth-order valence-electron chi connectivity index (χ4n) is 5.16. The molecule has 0 aliphatic carbocycles. The third-order valence-electron chi connectivity index (χ3n) is 6.78. The van der Waals surface area contributed by atoms with Gasteiger partial charge in [0, 0.05) is 49.2 Å². The Kier molecular flexibility index (Phi) is 12.8. The minimum Gasteiger partial charge on any atom is -0.432 e. The Bertz CT molecular complexity index is 1080. The molecule has 10 nitrogen and oxygen atoms in total. The molecule has 1 atom stereocenters. The Labute approximate surface area is 237 Å². The summed E-state index contributed by atoms with van der Waals surface area (Å²) in [7, 11) is 0. The summed E-state index contributed by atoms with van der Waals surface area (Å²) in [6.45, 7) is 12.2. The molecule has 40 heavy (non-hydrogen) atoms. The fourth-order valence-corrected chi connectivity index (χ4v) is 5.16. The number of benzene rings is 1. The number of likely N-dealkylation sites (tertiary alicyclic amines) is 1. The van der Waals surface area contributed by atoms with Crippen molar-refractivity contribution in [1.29, 1.82) is 0 Å². The summed E-state index contributed by atoms with van der Waals surface area (Å²) in [5.74, 6) is -0.114. The van der Waals surface area contributed by atoms with E-state index in [0.717, 1.165) is 23.1 Å². The van der Waals surface area contributed by atoms with Gasteiger partial charge in [0.25, 0.3) is 0 Å². The van der Waals surface area contributed by atoms with Crippen LogP contribution in [0.5, 0.6) is 5.75 Å². The van der Waals surface area contributed by atoms with Crippen molar-refractivity contribution in [3.8, 4) is 5.75 Å². The lowest BCUT2D eigenvalue weighted by molar-refractivity contribution is -0.139. The number of carbonyl (C=O) groups is 5. The Balaban J connectivity index is 1.60. The van der Waals surface area contributed by atoms with Crippen LogP contribution in [-0.4, -0.2) is 67.5 Å². The molecular formula is C30H44N2O8. The second-order valence-electron chi connectivity index (χ2n) is 11.2. The molecule has 1 fully saturated rings. The summed E-state index contributed by atoms with van der Waals surface area (Å²) in [6.07, 6.45) is 2.21. The first-order chi connectivity index (χ1) is 18.8. The zero-order valence-corrected chi connectivity index (χ0v) is 24.7. The molecule has 1 aliphatic heterocycles. The second kappa shape index (κ2) is 15.5. The minimum atomic E-state index is -0.852. The molecule has 1 aliphatic rings. The highest BCUT2D eigenvalue weighted by molar-refractivity contribution is 6.03. The van der Waals surface area contributed by atoms with Crippen molar-refractivity contribution >= 4 is 29.7 Å². The van der Waals surface area contributed by atoms with Gasteiger partial charge in [-0.25, -0.2) is 4.79 Å². The molecule has 1 aromatic carbocycles. The average molecular weight is 561 g/mol. The van der Waals surface area contributed by atoms with E-state index in [1.165, 1.54) is 4.90 Å². The van der Waals surface area contributed by atoms with Crippen LogP contribution in [0, 0.1) is 19.8 Å². The number of amides is 3. The fraction of sp³-hybridized carbons (Fsp3) is 0.633. The molecular weight excluding hydrogens is 516 g/mol. The van der Waals surface area contributed by atoms with E-state index in [1.807, 2.05) is 33.8 Å². The van der Waals surface area contributed by atoms with E-state index in [2.05, 4.69) is 5.32 Å². The lowest BCUT2D eigenvalue weighted by atomic mass is 9.77. The lowest BCUT2D eigenvalue weighted by Crippen LogP contribution is -2.31. The molecule has 1 N–H and O–H groups in total. The van der Waals surface area contributed by atoms with E-state index in [-0.39, 0.29) is 55.7 Å². The van der Waals surface area contributed by atoms with Crippen LogP contribution < -0.4 is 10.1 Å². The number of nitrogens with zero attached hydrogens (tertiary/aromatic N) is 1. The van der Waals surface area contributed by atoms with E-state index >= 15 is 0 Å². The Morgan fingerprint density at radius 2 is 1.77 bits per heavy atom. The maximum absolute atomic E-state index is 12.3. The highest BCUT2D eigenvalue weighted by atomic mass is 16.7. The Morgan fingerprint density at radius 3 is 2.42 bits per heavy atom. The molecule has 1 heterocycles. The quantitative estimate of drug-likeness (QED) is 0.138. The van der Waals surface area contributed by atoms with Crippen molar-refractivity contribution < 1.29 is 38.2 Å². The van der Waals surface area contributed by atoms with Crippen LogP contribution in [0.4, 0.5) is 4.79 Å². The van der Waals surface area contributed by atoms with Crippen molar-refractivity contribution in [2.75, 3.05) is 32.9 Å². The Hall–Kier alpha value is -3.27. The molecule has 222 valence electrons. The first-order valence-corrected chi connectivity index (χ1v) is 14.0. The molecule has 0 radical (unpaired) electrons. The van der Waals surface area contributed by atoms with Crippen molar-refractivity contribution in [3.05, 3.63) is 28.8 Å². The number of aryl methyl sites for hydroxylation is 2. The average Bonchev–Trinajstić information content (AvgIpc) is 3.07. The van der Waals surface area contributed by atoms with Crippen LogP contribution in [0.2, 0.25) is 0 Å². The molecule has 10 heteroatoms. The van der Waals surface area contributed by atoms with Crippen LogP contribution in [0.15, 0.2) is 12.1 Å². The summed E-state index contributed by atoms with van der Waals surface area (Å²) in [4.78, 5) is 61.1. The largest absolute Gasteiger partial charge is 0.513 e. The number of hydrogen-bond acceptors (Lipinski definition) is 8. The van der Waals surface area contributed by atoms with E-state index in [0.29, 0.717) is 44.5 Å². The number of unbranched alkanes of at least 4 members (excludes halogenated alkanes) is 2. The molecule has 0 saturated carbocycles. The zero-order chi connectivity index (χ0) is 29.9. The zero-order valence-electron chi connectivity index (χ0n) is 24.7. The maximum Gasteiger partial charge on any atom is 0.513 e. The number of ether oxygens (including phenoxy) is 3. The van der Waals surface area contributed by atoms with Gasteiger partial charge in [0.2, 0.25) is 17.7 Å². The normalized spacial score (nSPS) is 15.3. The third-order valence-corrected chi connectivity index (χ3v) is 6.78. The molecule has 2 rings (SSSR count). The van der Waals surface area contributed by atoms with E-state index in [1.54, 1.807) is 19.9 Å². The number of nitrogens with one attached hydrogen (secondary N) is 1. The predicted molar refractivity (Wildman–Crippen MR) is 149 cm³/mol. The van der Waals surface area contributed by atoms with Crippen molar-refractivity contribution in [2.45, 2.75) is 85.5 Å². The van der Waals surface area contributed by atoms with Gasteiger partial charge >= 0.3 is 6.16 Å². The summed E-state index contributed by atoms with van der Waals surface area (Å²) in [5, 5.41) is 2.77. The molecule has 0 spiro atoms. The van der Waals surface area contributed by atoms with Gasteiger partial charge in [0.15, 0.2) is 0 Å². The monoisotopic (exact) mass is 560 g/mol. The van der Waals surface area contributed by atoms with Gasteiger partial charge in [-0.3, -0.25) is 24.1 Å². The topological polar surface area (TPSA) is 128 Å². The number of rotatable bonds is 16. The number of Topliss-reactive ketones (excluding diaryl/α,β-unsaturated/α-hetero) is 1. The number of hydrogen-bond donors (Lipinski definition) is 1. The standard InChI is InChI=1S/C30H44N2O8/c1-20-16-21(2)27(30(5,6)19-23(4)33)24(17-20)40-29(37)39-15-14-38-13-11-31-25(34)10-8-7-9-12-32-26(35)18-22(3)28(32)36/h16-17,22H,7-15,18-19H2,1-6H3,(H,31,34). The van der Waals surface area contributed by atoms with E-state index in [9.17, 15) is 24.0 Å². The first kappa shape index (κ1) is 32.9. The molecule has 1 saturated heterocycles. The van der Waals surface area contributed by atoms with Crippen LogP contribution in [-0.2, 0) is 34.1 Å². The lowest BCUT2D eigenvalue weighted by Gasteiger charge is -2.28. The van der Waals surface area contributed by atoms with Gasteiger partial charge in [-0.15, -0.1) is 0 Å². The van der Waals surface area contributed by atoms with Gasteiger partial charge in [0.05, 0.1) is 13.2 Å². The van der Waals surface area contributed by atoms with E-state index < -0.39 is 11.6 Å². The summed E-state index contributed by atoms with van der Waals surface area (Å²) < 4.78 is 16.1. The van der Waals surface area contributed by atoms with Crippen molar-refractivity contribution in [1.82, 2.24) is 10.2 Å². The van der Waals surface area contributed by atoms with E-state index in [4.69, 9.17) is 14.2 Å². The Morgan fingerprint density at radius 1 is 1.05 bits per heavy atom.